The first kappa shape index (κ1) is 21.0. The van der Waals surface area contributed by atoms with Gasteiger partial charge < -0.3 is 25.8 Å². The number of carbonyl (C=O) groups is 3. The lowest BCUT2D eigenvalue weighted by Crippen LogP contribution is -2.33. The molecule has 0 radical (unpaired) electrons. The maximum absolute atomic E-state index is 12.7. The van der Waals surface area contributed by atoms with Crippen LogP contribution in [0.4, 0.5) is 17.2 Å². The summed E-state index contributed by atoms with van der Waals surface area (Å²) in [5, 5.41) is 14.7. The summed E-state index contributed by atoms with van der Waals surface area (Å²) in [6.07, 6.45) is 1.19. The molecule has 0 saturated carbocycles. The van der Waals surface area contributed by atoms with Crippen LogP contribution in [0, 0.1) is 13.8 Å². The zero-order chi connectivity index (χ0) is 22.8. The lowest BCUT2D eigenvalue weighted by Gasteiger charge is -2.19. The fraction of sp³-hybridized carbons (Fsp3) is 0.238. The Hall–Kier alpha value is -4.28. The third kappa shape index (κ3) is 4.26. The molecular weight excluding hydrogens is 414 g/mol. The molecular formula is C21H21N7O4. The zero-order valence-electron chi connectivity index (χ0n) is 17.6. The summed E-state index contributed by atoms with van der Waals surface area (Å²) in [4.78, 5) is 44.7. The van der Waals surface area contributed by atoms with Gasteiger partial charge in [-0.15, -0.1) is 0 Å². The number of nitrogens with one attached hydrogen (secondary N) is 4. The van der Waals surface area contributed by atoms with Crippen molar-refractivity contribution in [1.29, 1.82) is 0 Å². The van der Waals surface area contributed by atoms with E-state index in [0.717, 1.165) is 11.1 Å². The third-order valence-corrected chi connectivity index (χ3v) is 5.05. The Morgan fingerprint density at radius 1 is 1.12 bits per heavy atom. The molecule has 4 N–H and O–H groups in total. The van der Waals surface area contributed by atoms with Gasteiger partial charge in [0.25, 0.3) is 11.8 Å². The van der Waals surface area contributed by atoms with Crippen molar-refractivity contribution < 1.29 is 18.9 Å². The van der Waals surface area contributed by atoms with Crippen molar-refractivity contribution in [3.63, 3.8) is 0 Å². The average Bonchev–Trinajstić information content (AvgIpc) is 3.26. The van der Waals surface area contributed by atoms with Crippen molar-refractivity contribution in [1.82, 2.24) is 20.4 Å². The van der Waals surface area contributed by atoms with Crippen LogP contribution >= 0.6 is 0 Å². The molecule has 3 amide bonds. The smallest absolute Gasteiger partial charge is 0.277 e. The van der Waals surface area contributed by atoms with Crippen LogP contribution in [0.3, 0.4) is 0 Å². The standard InChI is InChI=1S/C21H21N7O4/c1-10-4-5-13(6-11(10)2)26-20(30)14-7-15(32-28-14)12(3)25-21(31)18-17-19(24-9-23-18)27-16(29)8-22-17/h4-7,9,12,22H,8H2,1-3H3,(H,25,31)(H,26,30)(H,23,24,27,29)/t12-/m1/s1. The summed E-state index contributed by atoms with van der Waals surface area (Å²) in [5.74, 6) is -0.653. The highest BCUT2D eigenvalue weighted by molar-refractivity contribution is 6.06. The van der Waals surface area contributed by atoms with E-state index < -0.39 is 17.9 Å². The minimum absolute atomic E-state index is 0.0112. The van der Waals surface area contributed by atoms with Crippen molar-refractivity contribution in [2.45, 2.75) is 26.8 Å². The van der Waals surface area contributed by atoms with Crippen molar-refractivity contribution >= 4 is 34.9 Å². The van der Waals surface area contributed by atoms with Gasteiger partial charge in [0.15, 0.2) is 23.0 Å². The lowest BCUT2D eigenvalue weighted by molar-refractivity contribution is -0.114. The van der Waals surface area contributed by atoms with E-state index in [1.165, 1.54) is 12.4 Å². The molecule has 0 bridgehead atoms. The molecule has 0 unspecified atom stereocenters. The number of carbonyl (C=O) groups excluding carboxylic acids is 3. The first-order valence-corrected chi connectivity index (χ1v) is 9.86. The molecule has 11 nitrogen and oxygen atoms in total. The Labute approximate surface area is 183 Å². The molecule has 11 heteroatoms. The number of rotatable bonds is 5. The van der Waals surface area contributed by atoms with Gasteiger partial charge in [0.2, 0.25) is 5.91 Å². The van der Waals surface area contributed by atoms with Crippen LogP contribution in [0.2, 0.25) is 0 Å². The molecule has 32 heavy (non-hydrogen) atoms. The van der Waals surface area contributed by atoms with E-state index in [1.807, 2.05) is 32.0 Å². The monoisotopic (exact) mass is 435 g/mol. The molecule has 1 atom stereocenters. The first-order valence-electron chi connectivity index (χ1n) is 9.86. The normalized spacial score (nSPS) is 13.4. The van der Waals surface area contributed by atoms with E-state index in [1.54, 1.807) is 6.92 Å². The van der Waals surface area contributed by atoms with Gasteiger partial charge in [0.1, 0.15) is 12.0 Å². The van der Waals surface area contributed by atoms with Crippen LogP contribution in [0.5, 0.6) is 0 Å². The number of hydrogen-bond acceptors (Lipinski definition) is 8. The third-order valence-electron chi connectivity index (χ3n) is 5.05. The largest absolute Gasteiger partial charge is 0.371 e. The predicted octanol–water partition coefficient (Wildman–Crippen LogP) is 2.19. The molecule has 3 aromatic rings. The number of aromatic nitrogens is 3. The molecule has 4 rings (SSSR count). The van der Waals surface area contributed by atoms with E-state index in [2.05, 4.69) is 36.4 Å². The molecule has 164 valence electrons. The second kappa shape index (κ2) is 8.46. The maximum atomic E-state index is 12.7. The van der Waals surface area contributed by atoms with Crippen LogP contribution in [-0.4, -0.2) is 39.4 Å². The summed E-state index contributed by atoms with van der Waals surface area (Å²) in [5.41, 5.74) is 3.33. The van der Waals surface area contributed by atoms with E-state index in [0.29, 0.717) is 17.1 Å². The number of hydrogen-bond donors (Lipinski definition) is 4. The summed E-state index contributed by atoms with van der Waals surface area (Å²) in [7, 11) is 0. The topological polar surface area (TPSA) is 151 Å². The minimum Gasteiger partial charge on any atom is -0.371 e. The fourth-order valence-corrected chi connectivity index (χ4v) is 3.12. The molecule has 0 aliphatic carbocycles. The van der Waals surface area contributed by atoms with E-state index in [9.17, 15) is 14.4 Å². The summed E-state index contributed by atoms with van der Waals surface area (Å²) in [6, 6.07) is 6.47. The number of aryl methyl sites for hydroxylation is 2. The van der Waals surface area contributed by atoms with Gasteiger partial charge in [0, 0.05) is 11.8 Å². The van der Waals surface area contributed by atoms with Gasteiger partial charge >= 0.3 is 0 Å². The van der Waals surface area contributed by atoms with Crippen molar-refractivity contribution in [2.75, 3.05) is 22.5 Å². The predicted molar refractivity (Wildman–Crippen MR) is 115 cm³/mol. The number of benzene rings is 1. The van der Waals surface area contributed by atoms with Gasteiger partial charge in [-0.1, -0.05) is 11.2 Å². The van der Waals surface area contributed by atoms with Crippen LogP contribution in [-0.2, 0) is 4.79 Å². The fourth-order valence-electron chi connectivity index (χ4n) is 3.12. The Morgan fingerprint density at radius 2 is 1.94 bits per heavy atom. The van der Waals surface area contributed by atoms with Crippen LogP contribution < -0.4 is 21.3 Å². The molecule has 0 fully saturated rings. The summed E-state index contributed by atoms with van der Waals surface area (Å²) < 4.78 is 5.26. The van der Waals surface area contributed by atoms with Crippen LogP contribution in [0.15, 0.2) is 35.1 Å². The molecule has 0 spiro atoms. The number of fused-ring (bicyclic) bond motifs is 1. The maximum Gasteiger partial charge on any atom is 0.277 e. The quantitative estimate of drug-likeness (QED) is 0.476. The molecule has 0 saturated heterocycles. The number of amides is 3. The molecule has 3 heterocycles. The Kier molecular flexibility index (Phi) is 5.54. The minimum atomic E-state index is -0.595. The van der Waals surface area contributed by atoms with Crippen LogP contribution in [0.1, 0.15) is 50.8 Å². The van der Waals surface area contributed by atoms with Gasteiger partial charge in [-0.05, 0) is 44.0 Å². The average molecular weight is 435 g/mol. The highest BCUT2D eigenvalue weighted by Gasteiger charge is 2.25. The molecule has 1 aromatic carbocycles. The van der Waals surface area contributed by atoms with Crippen molar-refractivity contribution in [2.24, 2.45) is 0 Å². The van der Waals surface area contributed by atoms with Gasteiger partial charge in [0.05, 0.1) is 12.6 Å². The first-order chi connectivity index (χ1) is 15.3. The molecule has 2 aromatic heterocycles. The van der Waals surface area contributed by atoms with E-state index in [4.69, 9.17) is 4.52 Å². The Morgan fingerprint density at radius 3 is 2.72 bits per heavy atom. The second-order valence-corrected chi connectivity index (χ2v) is 7.41. The molecule has 1 aliphatic heterocycles. The second-order valence-electron chi connectivity index (χ2n) is 7.41. The number of nitrogens with zero attached hydrogens (tertiary/aromatic N) is 3. The van der Waals surface area contributed by atoms with E-state index in [-0.39, 0.29) is 29.7 Å². The van der Waals surface area contributed by atoms with Gasteiger partial charge in [-0.25, -0.2) is 9.97 Å². The summed E-state index contributed by atoms with van der Waals surface area (Å²) in [6.45, 7) is 5.65. The number of anilines is 3. The lowest BCUT2D eigenvalue weighted by atomic mass is 10.1. The SMILES string of the molecule is Cc1ccc(NC(=O)c2cc([C@@H](C)NC(=O)c3ncnc4c3NCC(=O)N4)on2)cc1C. The zero-order valence-corrected chi connectivity index (χ0v) is 17.6. The van der Waals surface area contributed by atoms with Crippen LogP contribution in [0.25, 0.3) is 0 Å². The van der Waals surface area contributed by atoms with Crippen molar-refractivity contribution in [3.05, 3.63) is 58.9 Å². The van der Waals surface area contributed by atoms with Gasteiger partial charge in [-0.2, -0.15) is 0 Å². The van der Waals surface area contributed by atoms with Gasteiger partial charge in [-0.3, -0.25) is 14.4 Å². The Balaban J connectivity index is 1.44. The molecule has 1 aliphatic rings. The van der Waals surface area contributed by atoms with E-state index >= 15 is 0 Å². The highest BCUT2D eigenvalue weighted by Crippen LogP contribution is 2.25. The highest BCUT2D eigenvalue weighted by atomic mass is 16.5. The Bertz CT molecular complexity index is 1220. The van der Waals surface area contributed by atoms with Crippen molar-refractivity contribution in [3.8, 4) is 0 Å². The summed E-state index contributed by atoms with van der Waals surface area (Å²) >= 11 is 0.